The number of carbonyl (C=O) groups is 1. The van der Waals surface area contributed by atoms with Gasteiger partial charge in [0.1, 0.15) is 0 Å². The van der Waals surface area contributed by atoms with E-state index in [-0.39, 0.29) is 23.6 Å². The standard InChI is InChI=1S/C25H26F3N3O2/c1-23(33,25(26,27)28)18-7-5-17(6-8-18)22(32)31(19-9-10-19)20-11-13-24(16-29,14-12-20)21-4-2-3-15-30-21/h2-8,15,19-20,33H,9-14H2,1H3/t20?,23-,24?/m1/s1. The summed E-state index contributed by atoms with van der Waals surface area (Å²) in [5.41, 5.74) is -2.91. The minimum Gasteiger partial charge on any atom is -0.376 e. The Kier molecular flexibility index (Phi) is 5.95. The molecule has 0 unspecified atom stereocenters. The molecule has 8 heteroatoms. The lowest BCUT2D eigenvalue weighted by Gasteiger charge is -2.40. The predicted molar refractivity (Wildman–Crippen MR) is 115 cm³/mol. The number of nitrogens with zero attached hydrogens (tertiary/aromatic N) is 3. The lowest BCUT2D eigenvalue weighted by atomic mass is 9.71. The SMILES string of the molecule is C[C@@](O)(c1ccc(C(=O)N(C2CC2)C2CCC(C#N)(c3ccccn3)CC2)cc1)C(F)(F)F. The van der Waals surface area contributed by atoms with E-state index in [1.54, 1.807) is 6.20 Å². The number of aromatic nitrogens is 1. The summed E-state index contributed by atoms with van der Waals surface area (Å²) in [5.74, 6) is -0.219. The summed E-state index contributed by atoms with van der Waals surface area (Å²) in [7, 11) is 0. The first-order chi connectivity index (χ1) is 15.6. The maximum Gasteiger partial charge on any atom is 0.421 e. The van der Waals surface area contributed by atoms with Crippen molar-refractivity contribution in [2.45, 2.75) is 74.7 Å². The van der Waals surface area contributed by atoms with Gasteiger partial charge in [-0.15, -0.1) is 0 Å². The Morgan fingerprint density at radius 3 is 2.18 bits per heavy atom. The molecule has 2 saturated carbocycles. The van der Waals surface area contributed by atoms with E-state index in [9.17, 15) is 28.3 Å². The Labute approximate surface area is 190 Å². The minimum atomic E-state index is -4.82. The Balaban J connectivity index is 1.51. The molecule has 0 radical (unpaired) electrons. The highest BCUT2D eigenvalue weighted by Crippen LogP contribution is 2.43. The van der Waals surface area contributed by atoms with Gasteiger partial charge in [0, 0.05) is 23.8 Å². The van der Waals surface area contributed by atoms with Crippen molar-refractivity contribution in [3.63, 3.8) is 0 Å². The van der Waals surface area contributed by atoms with Crippen LogP contribution in [0.2, 0.25) is 0 Å². The summed E-state index contributed by atoms with van der Waals surface area (Å²) in [6, 6.07) is 13.1. The van der Waals surface area contributed by atoms with E-state index < -0.39 is 17.2 Å². The van der Waals surface area contributed by atoms with E-state index in [4.69, 9.17) is 0 Å². The van der Waals surface area contributed by atoms with Gasteiger partial charge in [-0.1, -0.05) is 18.2 Å². The summed E-state index contributed by atoms with van der Waals surface area (Å²) in [6.07, 6.45) is 1.16. The number of benzene rings is 1. The molecule has 1 N–H and O–H groups in total. The van der Waals surface area contributed by atoms with Crippen molar-refractivity contribution in [1.82, 2.24) is 9.88 Å². The number of nitriles is 1. The van der Waals surface area contributed by atoms with E-state index >= 15 is 0 Å². The highest BCUT2D eigenvalue weighted by molar-refractivity contribution is 5.95. The molecule has 1 atom stereocenters. The maximum atomic E-state index is 13.3. The molecule has 1 aromatic heterocycles. The number of rotatable bonds is 5. The Morgan fingerprint density at radius 1 is 1.09 bits per heavy atom. The van der Waals surface area contributed by atoms with Gasteiger partial charge in [0.05, 0.1) is 17.2 Å². The van der Waals surface area contributed by atoms with Crippen LogP contribution in [-0.4, -0.2) is 39.2 Å². The van der Waals surface area contributed by atoms with Gasteiger partial charge < -0.3 is 10.0 Å². The molecule has 0 saturated heterocycles. The molecular formula is C25H26F3N3O2. The maximum absolute atomic E-state index is 13.3. The van der Waals surface area contributed by atoms with Crippen LogP contribution < -0.4 is 0 Å². The zero-order chi connectivity index (χ0) is 23.9. The second-order valence-corrected chi connectivity index (χ2v) is 9.23. The van der Waals surface area contributed by atoms with Gasteiger partial charge in [-0.05, 0) is 75.3 Å². The van der Waals surface area contributed by atoms with Crippen LogP contribution in [0.25, 0.3) is 0 Å². The van der Waals surface area contributed by atoms with Crippen LogP contribution in [0.4, 0.5) is 13.2 Å². The van der Waals surface area contributed by atoms with Gasteiger partial charge in [0.25, 0.3) is 5.91 Å². The lowest BCUT2D eigenvalue weighted by Crippen LogP contribution is -2.46. The van der Waals surface area contributed by atoms with Crippen molar-refractivity contribution in [3.05, 3.63) is 65.5 Å². The molecule has 4 rings (SSSR count). The predicted octanol–water partition coefficient (Wildman–Crippen LogP) is 4.86. The number of aliphatic hydroxyl groups is 1. The first-order valence-corrected chi connectivity index (χ1v) is 11.1. The molecule has 33 heavy (non-hydrogen) atoms. The average Bonchev–Trinajstić information content (AvgIpc) is 3.65. The molecule has 1 amide bonds. The number of alkyl halides is 3. The molecule has 2 aliphatic carbocycles. The molecule has 1 aromatic carbocycles. The zero-order valence-electron chi connectivity index (χ0n) is 18.3. The third kappa shape index (κ3) is 4.34. The first-order valence-electron chi connectivity index (χ1n) is 11.1. The van der Waals surface area contributed by atoms with Crippen molar-refractivity contribution in [2.24, 2.45) is 0 Å². The van der Waals surface area contributed by atoms with Crippen LogP contribution in [0.5, 0.6) is 0 Å². The number of pyridine rings is 1. The van der Waals surface area contributed by atoms with E-state index in [1.165, 1.54) is 12.1 Å². The summed E-state index contributed by atoms with van der Waals surface area (Å²) >= 11 is 0. The van der Waals surface area contributed by atoms with Crippen molar-refractivity contribution >= 4 is 5.91 Å². The van der Waals surface area contributed by atoms with Crippen molar-refractivity contribution < 1.29 is 23.1 Å². The fourth-order valence-corrected chi connectivity index (χ4v) is 4.68. The summed E-state index contributed by atoms with van der Waals surface area (Å²) in [4.78, 5) is 19.6. The van der Waals surface area contributed by atoms with Crippen LogP contribution in [-0.2, 0) is 11.0 Å². The normalized spacial score (nSPS) is 25.0. The van der Waals surface area contributed by atoms with Crippen LogP contribution in [0.3, 0.4) is 0 Å². The van der Waals surface area contributed by atoms with Crippen LogP contribution in [0.15, 0.2) is 48.7 Å². The highest BCUT2D eigenvalue weighted by atomic mass is 19.4. The molecule has 2 aliphatic rings. The molecule has 0 aliphatic heterocycles. The monoisotopic (exact) mass is 457 g/mol. The quantitative estimate of drug-likeness (QED) is 0.696. The Hall–Kier alpha value is -2.92. The Morgan fingerprint density at radius 2 is 1.70 bits per heavy atom. The fraction of sp³-hybridized carbons (Fsp3) is 0.480. The average molecular weight is 457 g/mol. The van der Waals surface area contributed by atoms with E-state index in [2.05, 4.69) is 11.1 Å². The van der Waals surface area contributed by atoms with Crippen molar-refractivity contribution in [1.29, 1.82) is 5.26 Å². The molecule has 174 valence electrons. The largest absolute Gasteiger partial charge is 0.421 e. The van der Waals surface area contributed by atoms with Crippen LogP contribution in [0, 0.1) is 11.3 Å². The van der Waals surface area contributed by atoms with Crippen LogP contribution in [0.1, 0.15) is 67.1 Å². The molecular weight excluding hydrogens is 431 g/mol. The number of hydrogen-bond acceptors (Lipinski definition) is 4. The van der Waals surface area contributed by atoms with E-state index in [1.807, 2.05) is 23.1 Å². The van der Waals surface area contributed by atoms with Gasteiger partial charge in [-0.3, -0.25) is 9.78 Å². The number of hydrogen-bond donors (Lipinski definition) is 1. The molecule has 5 nitrogen and oxygen atoms in total. The smallest absolute Gasteiger partial charge is 0.376 e. The topological polar surface area (TPSA) is 77.2 Å². The van der Waals surface area contributed by atoms with Crippen LogP contribution >= 0.6 is 0 Å². The molecule has 1 heterocycles. The van der Waals surface area contributed by atoms with Crippen molar-refractivity contribution in [2.75, 3.05) is 0 Å². The van der Waals surface area contributed by atoms with Gasteiger partial charge in [-0.2, -0.15) is 18.4 Å². The summed E-state index contributed by atoms with van der Waals surface area (Å²) in [6.45, 7) is 0.700. The molecule has 2 fully saturated rings. The van der Waals surface area contributed by atoms with Crippen molar-refractivity contribution in [3.8, 4) is 6.07 Å². The number of halogens is 3. The fourth-order valence-electron chi connectivity index (χ4n) is 4.68. The van der Waals surface area contributed by atoms with E-state index in [0.29, 0.717) is 38.2 Å². The van der Waals surface area contributed by atoms with Gasteiger partial charge in [0.15, 0.2) is 5.60 Å². The second kappa shape index (κ2) is 8.45. The first kappa shape index (κ1) is 23.2. The van der Waals surface area contributed by atoms with Gasteiger partial charge in [0.2, 0.25) is 0 Å². The third-order valence-electron chi connectivity index (χ3n) is 6.99. The van der Waals surface area contributed by atoms with Gasteiger partial charge in [-0.25, -0.2) is 0 Å². The minimum absolute atomic E-state index is 0.0341. The number of carbonyl (C=O) groups excluding carboxylic acids is 1. The van der Waals surface area contributed by atoms with Gasteiger partial charge >= 0.3 is 6.18 Å². The highest BCUT2D eigenvalue weighted by Gasteiger charge is 2.51. The molecule has 2 aromatic rings. The number of amides is 1. The molecule has 0 spiro atoms. The lowest BCUT2D eigenvalue weighted by molar-refractivity contribution is -0.258. The zero-order valence-corrected chi connectivity index (χ0v) is 18.3. The molecule has 0 bridgehead atoms. The third-order valence-corrected chi connectivity index (χ3v) is 6.99. The summed E-state index contributed by atoms with van der Waals surface area (Å²) in [5, 5.41) is 19.8. The van der Waals surface area contributed by atoms with E-state index in [0.717, 1.165) is 30.7 Å². The Bertz CT molecular complexity index is 1030. The second-order valence-electron chi connectivity index (χ2n) is 9.23. The summed E-state index contributed by atoms with van der Waals surface area (Å²) < 4.78 is 39.4.